The second-order valence-corrected chi connectivity index (χ2v) is 8.54. The number of allylic oxidation sites excluding steroid dienone is 1. The number of hydrogen-bond donors (Lipinski definition) is 0. The van der Waals surface area contributed by atoms with Crippen LogP contribution in [0.4, 0.5) is 0 Å². The molecule has 0 bridgehead atoms. The first kappa shape index (κ1) is 10.4. The lowest BCUT2D eigenvalue weighted by Gasteiger charge is -1.33. The molecule has 0 atom stereocenters. The van der Waals surface area contributed by atoms with Gasteiger partial charge in [-0.1, -0.05) is 12.7 Å². The molecule has 3 heteroatoms. The molecule has 6 heavy (non-hydrogen) atoms. The minimum absolute atomic E-state index is 0.0417. The van der Waals surface area contributed by atoms with Gasteiger partial charge in [-0.25, -0.2) is 0 Å². The molecule has 1 radical (unpaired) electrons. The maximum atomic E-state index is 3.24. The van der Waals surface area contributed by atoms with E-state index in [2.05, 4.69) is 38.4 Å². The average Bonchev–Trinajstić information content (AvgIpc) is 1.39. The van der Waals surface area contributed by atoms with Gasteiger partial charge in [0, 0.05) is 0 Å². The van der Waals surface area contributed by atoms with Gasteiger partial charge in [-0.15, -0.1) is 0 Å². The van der Waals surface area contributed by atoms with Gasteiger partial charge >= 0.3 is 16.0 Å². The van der Waals surface area contributed by atoms with E-state index in [0.717, 1.165) is 0 Å². The van der Waals surface area contributed by atoms with Gasteiger partial charge in [0.25, 0.3) is 0 Å². The van der Waals surface area contributed by atoms with Gasteiger partial charge in [0.1, 0.15) is 0 Å². The Morgan fingerprint density at radius 1 is 1.67 bits per heavy atom. The van der Waals surface area contributed by atoms with Crippen molar-refractivity contribution in [3.05, 3.63) is 12.7 Å². The van der Waals surface area contributed by atoms with E-state index in [0.29, 0.717) is 0 Å². The van der Waals surface area contributed by atoms with Crippen LogP contribution in [0.2, 0.25) is 0 Å². The molecule has 0 aliphatic carbocycles. The maximum Gasteiger partial charge on any atom is 0.560 e. The van der Waals surface area contributed by atoms with Crippen molar-refractivity contribution in [2.45, 2.75) is 6.92 Å². The summed E-state index contributed by atoms with van der Waals surface area (Å²) in [6.45, 7) is 5.00. The lowest BCUT2D eigenvalue weighted by Crippen LogP contribution is -1.31. The normalized spacial score (nSPS) is 3.83. The zero-order valence-corrected chi connectivity index (χ0v) is 8.26. The third kappa shape index (κ3) is 50.7. The molecule has 0 rings (SSSR count). The van der Waals surface area contributed by atoms with Crippen LogP contribution >= 0.6 is 25.8 Å². The second-order valence-electron chi connectivity index (χ2n) is 0.455. The Morgan fingerprint density at radius 2 is 1.67 bits per heavy atom. The predicted molar refractivity (Wildman–Crippen MR) is 38.2 cm³/mol. The molecule has 0 aromatic rings. The number of halogens is 2. The standard InChI is InChI=1S/C3H5.2BrH.Mg/c1-3-2;;;/h1H2,2H3;2*1H;/q;;;+2/p-2. The minimum atomic E-state index is 0.0417. The van der Waals surface area contributed by atoms with Crippen LogP contribution in [0.1, 0.15) is 6.92 Å². The van der Waals surface area contributed by atoms with Crippen molar-refractivity contribution in [3.8, 4) is 0 Å². The van der Waals surface area contributed by atoms with E-state index >= 15 is 0 Å². The van der Waals surface area contributed by atoms with E-state index < -0.39 is 0 Å². The Balaban J connectivity index is 0. The highest BCUT2D eigenvalue weighted by Gasteiger charge is 1.62. The molecule has 33 valence electrons. The van der Waals surface area contributed by atoms with Crippen LogP contribution in [0.3, 0.4) is 0 Å². The van der Waals surface area contributed by atoms with Crippen molar-refractivity contribution in [2.24, 2.45) is 0 Å². The van der Waals surface area contributed by atoms with Crippen molar-refractivity contribution in [2.75, 3.05) is 0 Å². The van der Waals surface area contributed by atoms with E-state index in [9.17, 15) is 0 Å². The zero-order valence-electron chi connectivity index (χ0n) is 3.67. The van der Waals surface area contributed by atoms with Gasteiger partial charge in [-0.3, -0.25) is 25.8 Å². The molecule has 0 nitrogen and oxygen atoms in total. The van der Waals surface area contributed by atoms with Crippen LogP contribution in [0.5, 0.6) is 0 Å². The first-order valence-electron chi connectivity index (χ1n) is 1.39. The molecule has 0 amide bonds. The molecule has 0 saturated carbocycles. The van der Waals surface area contributed by atoms with Crippen LogP contribution in [0, 0.1) is 6.08 Å². The predicted octanol–water partition coefficient (Wildman–Crippen LogP) is 2.31. The molecular weight excluding hydrogens is 220 g/mol. The molecule has 0 N–H and O–H groups in total. The Labute approximate surface area is 60.8 Å². The summed E-state index contributed by atoms with van der Waals surface area (Å²) in [5.74, 6) is 0. The lowest BCUT2D eigenvalue weighted by molar-refractivity contribution is 1.71. The van der Waals surface area contributed by atoms with Crippen molar-refractivity contribution < 1.29 is 0 Å². The highest BCUT2D eigenvalue weighted by atomic mass is 79.9. The summed E-state index contributed by atoms with van der Waals surface area (Å²) in [7, 11) is 0. The maximum absolute atomic E-state index is 3.24. The average molecular weight is 225 g/mol. The van der Waals surface area contributed by atoms with Gasteiger partial charge in [-0.05, 0) is 6.92 Å². The van der Waals surface area contributed by atoms with Crippen LogP contribution in [0.25, 0.3) is 0 Å². The van der Waals surface area contributed by atoms with E-state index in [4.69, 9.17) is 0 Å². The van der Waals surface area contributed by atoms with Crippen LogP contribution in [-0.2, 0) is 0 Å². The molecule has 0 aliphatic heterocycles. The third-order valence-electron chi connectivity index (χ3n) is 0. The monoisotopic (exact) mass is 223 g/mol. The van der Waals surface area contributed by atoms with Crippen molar-refractivity contribution in [1.29, 1.82) is 0 Å². The molecule has 0 aromatic heterocycles. The van der Waals surface area contributed by atoms with Gasteiger partial charge in [0.05, 0.1) is 0 Å². The fourth-order valence-corrected chi connectivity index (χ4v) is 0. The topological polar surface area (TPSA) is 0 Å². The molecule has 0 fully saturated rings. The SMILES string of the molecule is C=[C]C.[Br][Mg][Br]. The smallest absolute Gasteiger partial charge is 0.280 e. The lowest BCUT2D eigenvalue weighted by atomic mass is 10.8. The summed E-state index contributed by atoms with van der Waals surface area (Å²) in [6.07, 6.45) is 2.50. The van der Waals surface area contributed by atoms with Crippen molar-refractivity contribution in [3.63, 3.8) is 0 Å². The zero-order chi connectivity index (χ0) is 5.41. The Bertz CT molecular complexity index is 22.8. The van der Waals surface area contributed by atoms with Crippen LogP contribution in [0.15, 0.2) is 6.58 Å². The van der Waals surface area contributed by atoms with E-state index in [1.165, 1.54) is 0 Å². The van der Waals surface area contributed by atoms with Crippen LogP contribution < -0.4 is 0 Å². The molecule has 0 unspecified atom stereocenters. The molecule has 0 aliphatic rings. The third-order valence-corrected chi connectivity index (χ3v) is 0. The van der Waals surface area contributed by atoms with Crippen molar-refractivity contribution in [1.82, 2.24) is 0 Å². The summed E-state index contributed by atoms with van der Waals surface area (Å²) in [5.41, 5.74) is 0. The van der Waals surface area contributed by atoms with Crippen molar-refractivity contribution >= 4 is 41.8 Å². The van der Waals surface area contributed by atoms with E-state index in [1.54, 1.807) is 6.92 Å². The molecule has 0 saturated heterocycles. The fourth-order valence-electron chi connectivity index (χ4n) is 0. The molecular formula is C3H5Br2Mg. The summed E-state index contributed by atoms with van der Waals surface area (Å²) < 4.78 is 0. The molecule has 0 aromatic carbocycles. The van der Waals surface area contributed by atoms with Gasteiger partial charge in [0.15, 0.2) is 0 Å². The fraction of sp³-hybridized carbons (Fsp3) is 0.333. The summed E-state index contributed by atoms with van der Waals surface area (Å²) in [6, 6.07) is 0. The van der Waals surface area contributed by atoms with E-state index in [1.807, 2.05) is 0 Å². The first-order valence-corrected chi connectivity index (χ1v) is 9.19. The van der Waals surface area contributed by atoms with Crippen LogP contribution in [-0.4, -0.2) is 16.0 Å². The largest absolute Gasteiger partial charge is 0.560 e. The molecule has 0 heterocycles. The van der Waals surface area contributed by atoms with Gasteiger partial charge < -0.3 is 0 Å². The van der Waals surface area contributed by atoms with E-state index in [-0.39, 0.29) is 16.0 Å². The highest BCUT2D eigenvalue weighted by Crippen LogP contribution is 1.77. The summed E-state index contributed by atoms with van der Waals surface area (Å²) in [4.78, 5) is 0. The summed E-state index contributed by atoms with van der Waals surface area (Å²) >= 11 is 6.44. The van der Waals surface area contributed by atoms with Gasteiger partial charge in [-0.2, -0.15) is 0 Å². The second kappa shape index (κ2) is 16.1. The Morgan fingerprint density at radius 3 is 1.67 bits per heavy atom. The van der Waals surface area contributed by atoms with Gasteiger partial charge in [0.2, 0.25) is 0 Å². The summed E-state index contributed by atoms with van der Waals surface area (Å²) in [5, 5.41) is 0. The number of hydrogen-bond acceptors (Lipinski definition) is 0. The minimum Gasteiger partial charge on any atom is -0.280 e. The Hall–Kier alpha value is 1.47. The Kier molecular flexibility index (Phi) is 28.0. The number of rotatable bonds is 0. The quantitative estimate of drug-likeness (QED) is 0.555. The molecule has 0 spiro atoms. The highest BCUT2D eigenvalue weighted by molar-refractivity contribution is 9.47. The first-order chi connectivity index (χ1) is 2.83.